The Hall–Kier alpha value is -2.59. The summed E-state index contributed by atoms with van der Waals surface area (Å²) in [4.78, 5) is 3.93. The van der Waals surface area contributed by atoms with Crippen LogP contribution in [0.25, 0.3) is 0 Å². The molecular weight excluding hydrogens is 212 g/mol. The summed E-state index contributed by atoms with van der Waals surface area (Å²) in [6.07, 6.45) is 1.54. The van der Waals surface area contributed by atoms with Crippen molar-refractivity contribution in [1.29, 1.82) is 10.5 Å². The van der Waals surface area contributed by atoms with Gasteiger partial charge in [-0.15, -0.1) is 0 Å². The largest absolute Gasteiger partial charge is 0.314 e. The predicted molar refractivity (Wildman–Crippen MR) is 61.9 cm³/mol. The van der Waals surface area contributed by atoms with Crippen molar-refractivity contribution in [3.05, 3.63) is 53.6 Å². The predicted octanol–water partition coefficient (Wildman–Crippen LogP) is 2.24. The molecule has 1 unspecified atom stereocenters. The van der Waals surface area contributed by atoms with Gasteiger partial charge in [-0.3, -0.25) is 0 Å². The molecule has 1 heterocycles. The maximum absolute atomic E-state index is 9.05. The molecule has 17 heavy (non-hydrogen) atoms. The molecule has 0 saturated heterocycles. The Morgan fingerprint density at radius 3 is 2.47 bits per heavy atom. The van der Waals surface area contributed by atoms with E-state index in [1.807, 2.05) is 49.4 Å². The Balaban J connectivity index is 2.46. The van der Waals surface area contributed by atoms with Gasteiger partial charge in [0.2, 0.25) is 0 Å². The molecule has 4 heteroatoms. The molecule has 0 radical (unpaired) electrons. The van der Waals surface area contributed by atoms with E-state index < -0.39 is 0 Å². The van der Waals surface area contributed by atoms with Gasteiger partial charge >= 0.3 is 0 Å². The Bertz CT molecular complexity index is 599. The van der Waals surface area contributed by atoms with E-state index in [9.17, 15) is 0 Å². The van der Waals surface area contributed by atoms with Crippen molar-refractivity contribution in [3.8, 4) is 12.1 Å². The van der Waals surface area contributed by atoms with Gasteiger partial charge in [-0.2, -0.15) is 10.5 Å². The fourth-order valence-electron chi connectivity index (χ4n) is 1.74. The van der Waals surface area contributed by atoms with Crippen LogP contribution in [0.5, 0.6) is 0 Å². The molecule has 0 spiro atoms. The van der Waals surface area contributed by atoms with Crippen molar-refractivity contribution >= 4 is 0 Å². The summed E-state index contributed by atoms with van der Waals surface area (Å²) in [6, 6.07) is 13.7. The topological polar surface area (TPSA) is 65.4 Å². The third-order valence-corrected chi connectivity index (χ3v) is 2.70. The average Bonchev–Trinajstić information content (AvgIpc) is 2.81. The number of nitrogens with zero attached hydrogens (tertiary/aromatic N) is 4. The zero-order valence-electron chi connectivity index (χ0n) is 9.33. The van der Waals surface area contributed by atoms with Crippen molar-refractivity contribution in [2.24, 2.45) is 0 Å². The van der Waals surface area contributed by atoms with E-state index in [2.05, 4.69) is 4.98 Å². The molecule has 0 aliphatic rings. The third kappa shape index (κ3) is 1.89. The molecule has 0 saturated carbocycles. The molecule has 0 fully saturated rings. The van der Waals surface area contributed by atoms with E-state index >= 15 is 0 Å². The highest BCUT2D eigenvalue weighted by Gasteiger charge is 2.15. The molecule has 0 N–H and O–H groups in total. The monoisotopic (exact) mass is 222 g/mol. The lowest BCUT2D eigenvalue weighted by Crippen LogP contribution is -2.07. The van der Waals surface area contributed by atoms with E-state index in [4.69, 9.17) is 10.5 Å². The van der Waals surface area contributed by atoms with Crippen molar-refractivity contribution in [2.45, 2.75) is 13.0 Å². The number of hydrogen-bond acceptors (Lipinski definition) is 3. The minimum Gasteiger partial charge on any atom is -0.314 e. The summed E-state index contributed by atoms with van der Waals surface area (Å²) in [5.74, 6) is 0. The van der Waals surface area contributed by atoms with Gasteiger partial charge in [0.1, 0.15) is 12.1 Å². The Kier molecular flexibility index (Phi) is 2.89. The second-order valence-electron chi connectivity index (χ2n) is 3.66. The standard InChI is InChI=1S/C13H10N4/c1-10(11-5-3-2-4-6-11)17-9-16-12(7-14)13(17)8-15/h2-6,9-10H,1H3. The fourth-order valence-corrected chi connectivity index (χ4v) is 1.74. The highest BCUT2D eigenvalue weighted by atomic mass is 15.1. The maximum atomic E-state index is 9.05. The molecule has 0 aliphatic heterocycles. The van der Waals surface area contributed by atoms with Crippen LogP contribution in [0, 0.1) is 22.7 Å². The van der Waals surface area contributed by atoms with E-state index in [0.29, 0.717) is 5.69 Å². The first kappa shape index (κ1) is 10.9. The number of hydrogen-bond donors (Lipinski definition) is 0. The van der Waals surface area contributed by atoms with Crippen LogP contribution < -0.4 is 0 Å². The van der Waals surface area contributed by atoms with Gasteiger partial charge in [0, 0.05) is 0 Å². The van der Waals surface area contributed by atoms with Gasteiger partial charge in [-0.25, -0.2) is 4.98 Å². The quantitative estimate of drug-likeness (QED) is 0.782. The lowest BCUT2D eigenvalue weighted by Gasteiger charge is -2.14. The summed E-state index contributed by atoms with van der Waals surface area (Å²) < 4.78 is 1.72. The minimum absolute atomic E-state index is 0.0135. The summed E-state index contributed by atoms with van der Waals surface area (Å²) in [5.41, 5.74) is 1.56. The number of imidazole rings is 1. The normalized spacial score (nSPS) is 11.5. The first-order chi connectivity index (χ1) is 8.27. The van der Waals surface area contributed by atoms with Gasteiger partial charge in [-0.1, -0.05) is 30.3 Å². The van der Waals surface area contributed by atoms with Crippen LogP contribution in [0.3, 0.4) is 0 Å². The van der Waals surface area contributed by atoms with E-state index in [0.717, 1.165) is 5.56 Å². The van der Waals surface area contributed by atoms with Crippen LogP contribution in [-0.4, -0.2) is 9.55 Å². The first-order valence-electron chi connectivity index (χ1n) is 5.20. The smallest absolute Gasteiger partial charge is 0.176 e. The van der Waals surface area contributed by atoms with Crippen molar-refractivity contribution in [3.63, 3.8) is 0 Å². The second-order valence-corrected chi connectivity index (χ2v) is 3.66. The Morgan fingerprint density at radius 1 is 1.18 bits per heavy atom. The molecule has 82 valence electrons. The first-order valence-corrected chi connectivity index (χ1v) is 5.20. The Labute approximate surface area is 99.4 Å². The molecule has 1 atom stereocenters. The lowest BCUT2D eigenvalue weighted by atomic mass is 10.1. The van der Waals surface area contributed by atoms with Gasteiger partial charge in [0.05, 0.1) is 12.4 Å². The molecule has 2 aromatic rings. The second kappa shape index (κ2) is 4.51. The molecule has 0 amide bonds. The SMILES string of the molecule is CC(c1ccccc1)n1cnc(C#N)c1C#N. The van der Waals surface area contributed by atoms with Crippen LogP contribution in [0.2, 0.25) is 0 Å². The van der Waals surface area contributed by atoms with Gasteiger partial charge in [0.25, 0.3) is 0 Å². The highest BCUT2D eigenvalue weighted by Crippen LogP contribution is 2.20. The minimum atomic E-state index is -0.0135. The van der Waals surface area contributed by atoms with Crippen LogP contribution in [0.15, 0.2) is 36.7 Å². The molecule has 1 aromatic carbocycles. The van der Waals surface area contributed by atoms with Crippen molar-refractivity contribution < 1.29 is 0 Å². The summed E-state index contributed by atoms with van der Waals surface area (Å²) >= 11 is 0. The van der Waals surface area contributed by atoms with Crippen LogP contribution in [-0.2, 0) is 0 Å². The van der Waals surface area contributed by atoms with Crippen molar-refractivity contribution in [2.75, 3.05) is 0 Å². The molecule has 0 bridgehead atoms. The van der Waals surface area contributed by atoms with Gasteiger partial charge in [0.15, 0.2) is 11.4 Å². The van der Waals surface area contributed by atoms with Crippen LogP contribution in [0.1, 0.15) is 29.9 Å². The molecule has 0 aliphatic carbocycles. The number of nitriles is 2. The fraction of sp³-hybridized carbons (Fsp3) is 0.154. The number of rotatable bonds is 2. The van der Waals surface area contributed by atoms with Gasteiger partial charge in [-0.05, 0) is 12.5 Å². The number of aromatic nitrogens is 2. The average molecular weight is 222 g/mol. The van der Waals surface area contributed by atoms with Crippen LogP contribution >= 0.6 is 0 Å². The molecule has 4 nitrogen and oxygen atoms in total. The zero-order chi connectivity index (χ0) is 12.3. The Morgan fingerprint density at radius 2 is 1.88 bits per heavy atom. The van der Waals surface area contributed by atoms with E-state index in [1.54, 1.807) is 4.57 Å². The summed E-state index contributed by atoms with van der Waals surface area (Å²) in [6.45, 7) is 1.97. The van der Waals surface area contributed by atoms with Crippen LogP contribution in [0.4, 0.5) is 0 Å². The summed E-state index contributed by atoms with van der Waals surface area (Å²) in [5, 5.41) is 17.9. The zero-order valence-corrected chi connectivity index (χ0v) is 9.33. The number of benzene rings is 1. The van der Waals surface area contributed by atoms with E-state index in [1.165, 1.54) is 6.33 Å². The lowest BCUT2D eigenvalue weighted by molar-refractivity contribution is 0.631. The van der Waals surface area contributed by atoms with E-state index in [-0.39, 0.29) is 11.7 Å². The third-order valence-electron chi connectivity index (χ3n) is 2.70. The molecule has 1 aromatic heterocycles. The molecular formula is C13H10N4. The highest BCUT2D eigenvalue weighted by molar-refractivity contribution is 5.37. The maximum Gasteiger partial charge on any atom is 0.176 e. The molecule has 2 rings (SSSR count). The van der Waals surface area contributed by atoms with Crippen molar-refractivity contribution in [1.82, 2.24) is 9.55 Å². The summed E-state index contributed by atoms with van der Waals surface area (Å²) in [7, 11) is 0. The van der Waals surface area contributed by atoms with Gasteiger partial charge < -0.3 is 4.57 Å².